The summed E-state index contributed by atoms with van der Waals surface area (Å²) in [6.07, 6.45) is 2.70. The van der Waals surface area contributed by atoms with Crippen LogP contribution >= 0.6 is 11.6 Å². The smallest absolute Gasteiger partial charge is 0.242 e. The molecule has 0 bridgehead atoms. The van der Waals surface area contributed by atoms with Crippen molar-refractivity contribution in [1.82, 2.24) is 19.5 Å². The third-order valence-electron chi connectivity index (χ3n) is 5.59. The van der Waals surface area contributed by atoms with Crippen molar-refractivity contribution in [3.05, 3.63) is 101 Å². The molecule has 0 radical (unpaired) electrons. The summed E-state index contributed by atoms with van der Waals surface area (Å²) in [5.41, 5.74) is 2.19. The lowest BCUT2D eigenvalue weighted by molar-refractivity contribution is -0.140. The number of hydrogen-bond donors (Lipinski definition) is 1. The van der Waals surface area contributed by atoms with Gasteiger partial charge in [0.2, 0.25) is 21.8 Å². The number of sulfonamides is 1. The van der Waals surface area contributed by atoms with Gasteiger partial charge in [-0.05, 0) is 42.3 Å². The molecule has 0 aliphatic rings. The van der Waals surface area contributed by atoms with Crippen molar-refractivity contribution >= 4 is 33.4 Å². The molecule has 2 aromatic carbocycles. The number of halogens is 1. The van der Waals surface area contributed by atoms with Crippen LogP contribution in [0.2, 0.25) is 5.02 Å². The fourth-order valence-corrected chi connectivity index (χ4v) is 4.37. The van der Waals surface area contributed by atoms with Gasteiger partial charge in [0, 0.05) is 24.3 Å². The molecule has 0 fully saturated rings. The van der Waals surface area contributed by atoms with E-state index in [1.165, 1.54) is 4.90 Å². The summed E-state index contributed by atoms with van der Waals surface area (Å²) in [6, 6.07) is 20.5. The lowest BCUT2D eigenvalue weighted by Gasteiger charge is -2.31. The van der Waals surface area contributed by atoms with Gasteiger partial charge in [-0.2, -0.15) is 4.31 Å². The second-order valence-corrected chi connectivity index (χ2v) is 10.8. The van der Waals surface area contributed by atoms with Gasteiger partial charge < -0.3 is 10.2 Å². The zero-order valence-electron chi connectivity index (χ0n) is 20.2. The highest BCUT2D eigenvalue weighted by molar-refractivity contribution is 7.88. The van der Waals surface area contributed by atoms with Crippen LogP contribution in [0, 0.1) is 0 Å². The summed E-state index contributed by atoms with van der Waals surface area (Å²) in [5.74, 6) is -0.872. The SMILES string of the molecule is CC(C(=O)NCc1ccccn1)N(Cc1ccc(Cl)cc1)C(=O)CN(Cc1ccccc1)S(C)(=O)=O. The molecular weight excluding hydrogens is 500 g/mol. The maximum Gasteiger partial charge on any atom is 0.242 e. The Morgan fingerprint density at radius 3 is 2.19 bits per heavy atom. The third kappa shape index (κ3) is 8.15. The van der Waals surface area contributed by atoms with Crippen molar-refractivity contribution in [3.8, 4) is 0 Å². The van der Waals surface area contributed by atoms with Crippen LogP contribution in [0.25, 0.3) is 0 Å². The minimum atomic E-state index is -3.70. The quantitative estimate of drug-likeness (QED) is 0.412. The average molecular weight is 529 g/mol. The molecule has 36 heavy (non-hydrogen) atoms. The summed E-state index contributed by atoms with van der Waals surface area (Å²) in [6.45, 7) is 1.57. The van der Waals surface area contributed by atoms with Crippen LogP contribution in [0.1, 0.15) is 23.7 Å². The fraction of sp³-hybridized carbons (Fsp3) is 0.269. The largest absolute Gasteiger partial charge is 0.349 e. The summed E-state index contributed by atoms with van der Waals surface area (Å²) in [7, 11) is -3.70. The second kappa shape index (κ2) is 12.6. The molecule has 1 atom stereocenters. The molecule has 1 heterocycles. The Balaban J connectivity index is 1.80. The van der Waals surface area contributed by atoms with Gasteiger partial charge in [-0.1, -0.05) is 60.1 Å². The molecule has 1 N–H and O–H groups in total. The molecule has 0 spiro atoms. The van der Waals surface area contributed by atoms with Crippen LogP contribution < -0.4 is 5.32 Å². The van der Waals surface area contributed by atoms with E-state index in [1.54, 1.807) is 73.8 Å². The van der Waals surface area contributed by atoms with E-state index in [0.29, 0.717) is 10.7 Å². The monoisotopic (exact) mass is 528 g/mol. The molecule has 2 amide bonds. The highest BCUT2D eigenvalue weighted by Crippen LogP contribution is 2.16. The van der Waals surface area contributed by atoms with Crippen molar-refractivity contribution in [2.24, 2.45) is 0 Å². The average Bonchev–Trinajstić information content (AvgIpc) is 2.86. The van der Waals surface area contributed by atoms with Gasteiger partial charge in [0.15, 0.2) is 0 Å². The van der Waals surface area contributed by atoms with Gasteiger partial charge in [0.05, 0.1) is 25.0 Å². The van der Waals surface area contributed by atoms with Crippen LogP contribution in [0.15, 0.2) is 79.0 Å². The number of carbonyl (C=O) groups is 2. The number of nitrogens with zero attached hydrogens (tertiary/aromatic N) is 3. The number of carbonyl (C=O) groups excluding carboxylic acids is 2. The lowest BCUT2D eigenvalue weighted by atomic mass is 10.1. The Labute approximate surface area is 217 Å². The van der Waals surface area contributed by atoms with E-state index in [0.717, 1.165) is 21.7 Å². The van der Waals surface area contributed by atoms with Gasteiger partial charge >= 0.3 is 0 Å². The number of benzene rings is 2. The van der Waals surface area contributed by atoms with Crippen LogP contribution in [0.4, 0.5) is 0 Å². The molecule has 10 heteroatoms. The van der Waals surface area contributed by atoms with Crippen LogP contribution in [0.5, 0.6) is 0 Å². The van der Waals surface area contributed by atoms with Crippen LogP contribution in [-0.4, -0.2) is 53.3 Å². The topological polar surface area (TPSA) is 99.7 Å². The first kappa shape index (κ1) is 27.3. The molecule has 190 valence electrons. The van der Waals surface area contributed by atoms with E-state index in [-0.39, 0.29) is 25.5 Å². The second-order valence-electron chi connectivity index (χ2n) is 8.38. The van der Waals surface area contributed by atoms with Crippen molar-refractivity contribution in [2.75, 3.05) is 12.8 Å². The van der Waals surface area contributed by atoms with Gasteiger partial charge in [0.1, 0.15) is 6.04 Å². The van der Waals surface area contributed by atoms with Gasteiger partial charge in [-0.3, -0.25) is 14.6 Å². The number of amides is 2. The normalized spacial score (nSPS) is 12.2. The van der Waals surface area contributed by atoms with Gasteiger partial charge in [-0.15, -0.1) is 0 Å². The van der Waals surface area contributed by atoms with E-state index in [1.807, 2.05) is 12.1 Å². The molecule has 0 aliphatic heterocycles. The molecule has 1 aromatic heterocycles. The standard InChI is InChI=1S/C26H29ClN4O4S/c1-20(26(33)29-16-24-10-6-7-15-28-24)31(18-22-11-13-23(27)14-12-22)25(32)19-30(36(2,34)35)17-21-8-4-3-5-9-21/h3-15,20H,16-19H2,1-2H3,(H,29,33). The number of rotatable bonds is 11. The van der Waals surface area contributed by atoms with E-state index in [9.17, 15) is 18.0 Å². The Morgan fingerprint density at radius 1 is 0.944 bits per heavy atom. The van der Waals surface area contributed by atoms with Crippen molar-refractivity contribution in [2.45, 2.75) is 32.6 Å². The first-order valence-corrected chi connectivity index (χ1v) is 13.6. The minimum Gasteiger partial charge on any atom is -0.349 e. The predicted octanol–water partition coefficient (Wildman–Crippen LogP) is 3.23. The molecule has 8 nitrogen and oxygen atoms in total. The first-order valence-electron chi connectivity index (χ1n) is 11.3. The van der Waals surface area contributed by atoms with Crippen LogP contribution in [-0.2, 0) is 39.2 Å². The zero-order chi connectivity index (χ0) is 26.1. The van der Waals surface area contributed by atoms with Crippen LogP contribution in [0.3, 0.4) is 0 Å². The zero-order valence-corrected chi connectivity index (χ0v) is 21.7. The highest BCUT2D eigenvalue weighted by Gasteiger charge is 2.30. The molecule has 0 saturated carbocycles. The van der Waals surface area contributed by atoms with E-state index >= 15 is 0 Å². The maximum atomic E-state index is 13.5. The number of hydrogen-bond acceptors (Lipinski definition) is 5. The van der Waals surface area contributed by atoms with E-state index < -0.39 is 28.5 Å². The van der Waals surface area contributed by atoms with Gasteiger partial charge in [0.25, 0.3) is 0 Å². The Bertz CT molecular complexity index is 1260. The lowest BCUT2D eigenvalue weighted by Crippen LogP contribution is -2.50. The fourth-order valence-electron chi connectivity index (χ4n) is 3.52. The first-order chi connectivity index (χ1) is 17.1. The molecule has 3 rings (SSSR count). The Morgan fingerprint density at radius 2 is 1.58 bits per heavy atom. The van der Waals surface area contributed by atoms with Crippen molar-refractivity contribution < 1.29 is 18.0 Å². The third-order valence-corrected chi connectivity index (χ3v) is 7.03. The minimum absolute atomic E-state index is 0.0421. The molecular formula is C26H29ClN4O4S. The molecule has 0 aliphatic carbocycles. The Kier molecular flexibility index (Phi) is 9.58. The van der Waals surface area contributed by atoms with Gasteiger partial charge in [-0.25, -0.2) is 8.42 Å². The van der Waals surface area contributed by atoms with Crippen molar-refractivity contribution in [3.63, 3.8) is 0 Å². The highest BCUT2D eigenvalue weighted by atomic mass is 35.5. The summed E-state index contributed by atoms with van der Waals surface area (Å²) >= 11 is 6.00. The summed E-state index contributed by atoms with van der Waals surface area (Å²) < 4.78 is 26.1. The maximum absolute atomic E-state index is 13.5. The molecule has 1 unspecified atom stereocenters. The molecule has 3 aromatic rings. The molecule has 0 saturated heterocycles. The predicted molar refractivity (Wildman–Crippen MR) is 139 cm³/mol. The number of nitrogens with one attached hydrogen (secondary N) is 1. The van der Waals surface area contributed by atoms with Crippen molar-refractivity contribution in [1.29, 1.82) is 0 Å². The van der Waals surface area contributed by atoms with E-state index in [4.69, 9.17) is 11.6 Å². The number of pyridine rings is 1. The summed E-state index contributed by atoms with van der Waals surface area (Å²) in [5, 5.41) is 3.35. The number of aromatic nitrogens is 1. The van der Waals surface area contributed by atoms with E-state index in [2.05, 4.69) is 10.3 Å². The Hall–Kier alpha value is -3.27. The summed E-state index contributed by atoms with van der Waals surface area (Å²) in [4.78, 5) is 32.0.